The second-order valence-electron chi connectivity index (χ2n) is 5.94. The fraction of sp³-hybridized carbons (Fsp3) is 0.562. The van der Waals surface area contributed by atoms with E-state index >= 15 is 0 Å². The highest BCUT2D eigenvalue weighted by Crippen LogP contribution is 2.34. The minimum atomic E-state index is -0.591. The summed E-state index contributed by atoms with van der Waals surface area (Å²) in [5, 5.41) is 14.1. The number of benzene rings is 1. The van der Waals surface area contributed by atoms with Gasteiger partial charge in [-0.3, -0.25) is 14.9 Å². The molecule has 0 saturated carbocycles. The summed E-state index contributed by atoms with van der Waals surface area (Å²) in [6.07, 6.45) is 2.01. The number of nitrogens with one attached hydrogen (secondary N) is 1. The molecule has 1 aliphatic rings. The van der Waals surface area contributed by atoms with Crippen LogP contribution in [0.25, 0.3) is 0 Å². The molecule has 0 aromatic heterocycles. The van der Waals surface area contributed by atoms with Gasteiger partial charge in [-0.2, -0.15) is 0 Å². The number of hydrogen-bond donors (Lipinski definition) is 1. The molecule has 0 radical (unpaired) electrons. The van der Waals surface area contributed by atoms with Gasteiger partial charge in [-0.15, -0.1) is 0 Å². The number of ether oxygens (including phenoxy) is 2. The molecule has 1 N–H and O–H groups in total. The van der Waals surface area contributed by atoms with Gasteiger partial charge in [0.05, 0.1) is 25.2 Å². The lowest BCUT2D eigenvalue weighted by molar-refractivity contribution is -0.385. The lowest BCUT2D eigenvalue weighted by atomic mass is 9.97. The second kappa shape index (κ2) is 7.96. The SMILES string of the molecule is COc1cc(C(=O)NCC2CCN(C)CC2)c([N+](=O)[O-])cc1OC. The van der Waals surface area contributed by atoms with E-state index in [-0.39, 0.29) is 22.7 Å². The number of carbonyl (C=O) groups excluding carboxylic acids is 1. The Morgan fingerprint density at radius 3 is 2.42 bits per heavy atom. The maximum atomic E-state index is 12.4. The summed E-state index contributed by atoms with van der Waals surface area (Å²) in [6, 6.07) is 2.56. The summed E-state index contributed by atoms with van der Waals surface area (Å²) in [7, 11) is 4.88. The maximum Gasteiger partial charge on any atom is 0.286 e. The molecule has 1 aliphatic heterocycles. The monoisotopic (exact) mass is 337 g/mol. The molecule has 0 spiro atoms. The van der Waals surface area contributed by atoms with E-state index in [9.17, 15) is 14.9 Å². The van der Waals surface area contributed by atoms with Crippen LogP contribution in [0.1, 0.15) is 23.2 Å². The lowest BCUT2D eigenvalue weighted by Crippen LogP contribution is -2.37. The molecule has 0 bridgehead atoms. The van der Waals surface area contributed by atoms with Gasteiger partial charge in [-0.1, -0.05) is 0 Å². The van der Waals surface area contributed by atoms with E-state index in [4.69, 9.17) is 9.47 Å². The minimum absolute atomic E-state index is 0.0226. The molecule has 0 atom stereocenters. The van der Waals surface area contributed by atoms with E-state index in [0.29, 0.717) is 12.5 Å². The average Bonchev–Trinajstić information content (AvgIpc) is 2.59. The molecule has 24 heavy (non-hydrogen) atoms. The molecule has 2 rings (SSSR count). The van der Waals surface area contributed by atoms with E-state index < -0.39 is 10.8 Å². The highest BCUT2D eigenvalue weighted by atomic mass is 16.6. The molecule has 1 aromatic carbocycles. The predicted octanol–water partition coefficient (Wildman–Crippen LogP) is 1.68. The molecule has 1 fully saturated rings. The van der Waals surface area contributed by atoms with Crippen molar-refractivity contribution in [2.24, 2.45) is 5.92 Å². The Labute approximate surface area is 140 Å². The van der Waals surface area contributed by atoms with Crippen molar-refractivity contribution in [3.63, 3.8) is 0 Å². The summed E-state index contributed by atoms with van der Waals surface area (Å²) in [4.78, 5) is 25.3. The third-order valence-electron chi connectivity index (χ3n) is 4.33. The van der Waals surface area contributed by atoms with E-state index in [1.807, 2.05) is 0 Å². The fourth-order valence-corrected chi connectivity index (χ4v) is 2.80. The standard InChI is InChI=1S/C16H23N3O5/c1-18-6-4-11(5-7-18)10-17-16(20)12-8-14(23-2)15(24-3)9-13(12)19(21)22/h8-9,11H,4-7,10H2,1-3H3,(H,17,20). The first-order chi connectivity index (χ1) is 11.5. The Bertz CT molecular complexity index is 612. The average molecular weight is 337 g/mol. The number of likely N-dealkylation sites (tertiary alicyclic amines) is 1. The van der Waals surface area contributed by atoms with Crippen LogP contribution in [0.3, 0.4) is 0 Å². The van der Waals surface area contributed by atoms with Crippen molar-refractivity contribution in [2.75, 3.05) is 40.9 Å². The second-order valence-corrected chi connectivity index (χ2v) is 5.94. The van der Waals surface area contributed by atoms with Gasteiger partial charge in [0, 0.05) is 12.6 Å². The van der Waals surface area contributed by atoms with Crippen molar-refractivity contribution < 1.29 is 19.2 Å². The van der Waals surface area contributed by atoms with Gasteiger partial charge in [-0.25, -0.2) is 0 Å². The van der Waals surface area contributed by atoms with Crippen molar-refractivity contribution >= 4 is 11.6 Å². The Hall–Kier alpha value is -2.35. The highest BCUT2D eigenvalue weighted by Gasteiger charge is 2.25. The van der Waals surface area contributed by atoms with Crippen molar-refractivity contribution in [3.05, 3.63) is 27.8 Å². The summed E-state index contributed by atoms with van der Waals surface area (Å²) in [6.45, 7) is 2.51. The van der Waals surface area contributed by atoms with E-state index in [1.54, 1.807) is 0 Å². The lowest BCUT2D eigenvalue weighted by Gasteiger charge is -2.28. The fourth-order valence-electron chi connectivity index (χ4n) is 2.80. The quantitative estimate of drug-likeness (QED) is 0.627. The third-order valence-corrected chi connectivity index (χ3v) is 4.33. The van der Waals surface area contributed by atoms with Crippen molar-refractivity contribution in [1.29, 1.82) is 0 Å². The van der Waals surface area contributed by atoms with Crippen molar-refractivity contribution in [3.8, 4) is 11.5 Å². The minimum Gasteiger partial charge on any atom is -0.493 e. The molecule has 8 heteroatoms. The Kier molecular flexibility index (Phi) is 5.97. The zero-order valence-corrected chi connectivity index (χ0v) is 14.2. The van der Waals surface area contributed by atoms with Gasteiger partial charge >= 0.3 is 0 Å². The Morgan fingerprint density at radius 2 is 1.88 bits per heavy atom. The number of hydrogen-bond acceptors (Lipinski definition) is 6. The zero-order chi connectivity index (χ0) is 17.7. The maximum absolute atomic E-state index is 12.4. The molecule has 0 aliphatic carbocycles. The van der Waals surface area contributed by atoms with Gasteiger partial charge < -0.3 is 19.7 Å². The number of nitrogens with zero attached hydrogens (tertiary/aromatic N) is 2. The van der Waals surface area contributed by atoms with E-state index in [0.717, 1.165) is 25.9 Å². The number of carbonyl (C=O) groups is 1. The van der Waals surface area contributed by atoms with Crippen LogP contribution < -0.4 is 14.8 Å². The first-order valence-corrected chi connectivity index (χ1v) is 7.83. The predicted molar refractivity (Wildman–Crippen MR) is 88.8 cm³/mol. The molecule has 1 heterocycles. The first kappa shape index (κ1) is 18.0. The Balaban J connectivity index is 2.13. The molecular weight excluding hydrogens is 314 g/mol. The van der Waals surface area contributed by atoms with E-state index in [2.05, 4.69) is 17.3 Å². The van der Waals surface area contributed by atoms with Crippen LogP contribution in [-0.2, 0) is 0 Å². The molecule has 0 unspecified atom stereocenters. The van der Waals surface area contributed by atoms with E-state index in [1.165, 1.54) is 26.4 Å². The van der Waals surface area contributed by atoms with Gasteiger partial charge in [-0.05, 0) is 38.9 Å². The highest BCUT2D eigenvalue weighted by molar-refractivity contribution is 5.99. The molecule has 1 saturated heterocycles. The summed E-state index contributed by atoms with van der Waals surface area (Å²) < 4.78 is 10.2. The van der Waals surface area contributed by atoms with Crippen LogP contribution in [-0.4, -0.2) is 56.6 Å². The smallest absolute Gasteiger partial charge is 0.286 e. The zero-order valence-electron chi connectivity index (χ0n) is 14.2. The van der Waals surface area contributed by atoms with Crippen molar-refractivity contribution in [1.82, 2.24) is 10.2 Å². The van der Waals surface area contributed by atoms with Crippen LogP contribution in [0.15, 0.2) is 12.1 Å². The first-order valence-electron chi connectivity index (χ1n) is 7.83. The number of nitro benzene ring substituents is 1. The normalized spacial score (nSPS) is 15.8. The number of nitro groups is 1. The van der Waals surface area contributed by atoms with Gasteiger partial charge in [0.1, 0.15) is 5.56 Å². The van der Waals surface area contributed by atoms with Crippen LogP contribution >= 0.6 is 0 Å². The summed E-state index contributed by atoms with van der Waals surface area (Å²) >= 11 is 0. The molecular formula is C16H23N3O5. The van der Waals surface area contributed by atoms with Crippen LogP contribution in [0.5, 0.6) is 11.5 Å². The Morgan fingerprint density at radius 1 is 1.29 bits per heavy atom. The van der Waals surface area contributed by atoms with Gasteiger partial charge in [0.2, 0.25) is 0 Å². The number of rotatable bonds is 6. The number of piperidine rings is 1. The molecule has 1 amide bonds. The molecule has 132 valence electrons. The molecule has 8 nitrogen and oxygen atoms in total. The van der Waals surface area contributed by atoms with Crippen LogP contribution in [0.4, 0.5) is 5.69 Å². The summed E-state index contributed by atoms with van der Waals surface area (Å²) in [5.74, 6) is 0.426. The number of methoxy groups -OCH3 is 2. The van der Waals surface area contributed by atoms with Crippen molar-refractivity contribution in [2.45, 2.75) is 12.8 Å². The van der Waals surface area contributed by atoms with Gasteiger partial charge in [0.25, 0.3) is 11.6 Å². The van der Waals surface area contributed by atoms with Crippen LogP contribution in [0.2, 0.25) is 0 Å². The van der Waals surface area contributed by atoms with Crippen LogP contribution in [0, 0.1) is 16.0 Å². The largest absolute Gasteiger partial charge is 0.493 e. The van der Waals surface area contributed by atoms with Gasteiger partial charge in [0.15, 0.2) is 11.5 Å². The topological polar surface area (TPSA) is 93.9 Å². The number of amides is 1. The third kappa shape index (κ3) is 4.14. The molecule has 1 aromatic rings. The summed E-state index contributed by atoms with van der Waals surface area (Å²) in [5.41, 5.74) is -0.320.